The number of rotatable bonds is 7. The molecule has 3 rings (SSSR count). The number of nitrogens with zero attached hydrogens (tertiary/aromatic N) is 3. The van der Waals surface area contributed by atoms with Gasteiger partial charge in [-0.15, -0.1) is 0 Å². The molecular formula is C24H31N3O4Si. The van der Waals surface area contributed by atoms with Gasteiger partial charge in [0.1, 0.15) is 6.04 Å². The van der Waals surface area contributed by atoms with E-state index in [-0.39, 0.29) is 17.7 Å². The van der Waals surface area contributed by atoms with Gasteiger partial charge in [-0.05, 0) is 34.8 Å². The zero-order valence-corrected chi connectivity index (χ0v) is 20.3. The van der Waals surface area contributed by atoms with Crippen LogP contribution >= 0.6 is 0 Å². The van der Waals surface area contributed by atoms with Crippen molar-refractivity contribution >= 4 is 24.7 Å². The van der Waals surface area contributed by atoms with Gasteiger partial charge >= 0.3 is 5.97 Å². The molecule has 3 atom stereocenters. The van der Waals surface area contributed by atoms with Crippen LogP contribution in [0.5, 0.6) is 0 Å². The van der Waals surface area contributed by atoms with Crippen molar-refractivity contribution in [3.8, 4) is 0 Å². The van der Waals surface area contributed by atoms with E-state index in [1.165, 1.54) is 0 Å². The maximum Gasteiger partial charge on any atom is 0.336 e. The lowest BCUT2D eigenvalue weighted by Gasteiger charge is -2.45. The second-order valence-corrected chi connectivity index (χ2v) is 13.5. The minimum absolute atomic E-state index is 0.145. The lowest BCUT2D eigenvalue weighted by atomic mass is 10.1. The van der Waals surface area contributed by atoms with E-state index in [0.717, 1.165) is 10.4 Å². The van der Waals surface area contributed by atoms with Crippen LogP contribution in [-0.2, 0) is 18.7 Å². The van der Waals surface area contributed by atoms with Crippen LogP contribution in [0.15, 0.2) is 65.8 Å². The molecule has 0 bridgehead atoms. The number of benzene rings is 2. The van der Waals surface area contributed by atoms with E-state index in [1.807, 2.05) is 36.4 Å². The minimum Gasteiger partial charge on any atom is -0.461 e. The van der Waals surface area contributed by atoms with Crippen molar-refractivity contribution in [3.05, 3.63) is 71.1 Å². The Bertz CT molecular complexity index is 917. The summed E-state index contributed by atoms with van der Waals surface area (Å²) in [5, 5.41) is 5.87. The average molecular weight is 454 g/mol. The molecule has 0 unspecified atom stereocenters. The highest BCUT2D eigenvalue weighted by atomic mass is 28.4. The summed E-state index contributed by atoms with van der Waals surface area (Å²) in [6.07, 6.45) is -1.87. The summed E-state index contributed by atoms with van der Waals surface area (Å²) in [6.45, 7) is 10.2. The van der Waals surface area contributed by atoms with Crippen molar-refractivity contribution in [3.63, 3.8) is 0 Å². The molecule has 7 nitrogen and oxygen atoms in total. The summed E-state index contributed by atoms with van der Waals surface area (Å²) < 4.78 is 18.1. The summed E-state index contributed by atoms with van der Waals surface area (Å²) >= 11 is 0. The van der Waals surface area contributed by atoms with E-state index in [1.54, 1.807) is 13.8 Å². The van der Waals surface area contributed by atoms with Crippen LogP contribution in [0.2, 0.25) is 5.04 Å². The van der Waals surface area contributed by atoms with Gasteiger partial charge in [-0.2, -0.15) is 0 Å². The van der Waals surface area contributed by atoms with Crippen LogP contribution < -0.4 is 10.4 Å². The van der Waals surface area contributed by atoms with E-state index in [9.17, 15) is 10.3 Å². The van der Waals surface area contributed by atoms with Gasteiger partial charge in [-0.1, -0.05) is 86.5 Å². The highest BCUT2D eigenvalue weighted by Crippen LogP contribution is 2.39. The van der Waals surface area contributed by atoms with Gasteiger partial charge in [-0.3, -0.25) is 0 Å². The summed E-state index contributed by atoms with van der Waals surface area (Å²) in [5.74, 6) is -0.536. The van der Waals surface area contributed by atoms with Gasteiger partial charge < -0.3 is 13.9 Å². The van der Waals surface area contributed by atoms with Crippen molar-refractivity contribution in [2.45, 2.75) is 64.0 Å². The second kappa shape index (κ2) is 9.88. The Kier molecular flexibility index (Phi) is 7.41. The largest absolute Gasteiger partial charge is 0.461 e. The Labute approximate surface area is 190 Å². The lowest BCUT2D eigenvalue weighted by Crippen LogP contribution is -2.68. The van der Waals surface area contributed by atoms with Crippen LogP contribution in [-0.4, -0.2) is 45.2 Å². The lowest BCUT2D eigenvalue weighted by molar-refractivity contribution is -0.158. The number of esters is 1. The molecule has 1 heterocycles. The molecule has 170 valence electrons. The Hall–Kier alpha value is -2.64. The molecule has 0 saturated carbocycles. The van der Waals surface area contributed by atoms with Crippen molar-refractivity contribution < 1.29 is 18.7 Å². The predicted molar refractivity (Wildman–Crippen MR) is 126 cm³/mol. The molecule has 0 spiro atoms. The van der Waals surface area contributed by atoms with Crippen molar-refractivity contribution in [1.29, 1.82) is 0 Å². The SMILES string of the molecule is CC(C)OC(=O)[C@H]1OC[C@H](O[Si](c2ccccc2)(c2ccccc2)C(C)(C)C)[C@H]1N=[N+]=[N-]. The summed E-state index contributed by atoms with van der Waals surface area (Å²) in [7, 11) is -2.90. The van der Waals surface area contributed by atoms with Crippen LogP contribution in [0, 0.1) is 0 Å². The highest BCUT2D eigenvalue weighted by Gasteiger charge is 2.54. The topological polar surface area (TPSA) is 93.5 Å². The Morgan fingerprint density at radius 1 is 1.09 bits per heavy atom. The van der Waals surface area contributed by atoms with Gasteiger partial charge in [0.25, 0.3) is 8.32 Å². The van der Waals surface area contributed by atoms with E-state index < -0.39 is 32.5 Å². The van der Waals surface area contributed by atoms with Gasteiger partial charge in [0, 0.05) is 4.91 Å². The second-order valence-electron chi connectivity index (χ2n) is 9.25. The molecule has 2 aromatic rings. The summed E-state index contributed by atoms with van der Waals surface area (Å²) in [5.41, 5.74) is 9.22. The number of azide groups is 1. The minimum atomic E-state index is -2.90. The standard InChI is InChI=1S/C24H31N3O4Si/c1-17(2)30-23(28)22-21(26-27-25)20(16-29-22)31-32(24(3,4)5,18-12-8-6-9-13-18)19-14-10-7-11-15-19/h6-15,17,20-22H,16H2,1-5H3/t20-,21+,22-/m0/s1. The van der Waals surface area contributed by atoms with Gasteiger partial charge in [-0.25, -0.2) is 4.79 Å². The Morgan fingerprint density at radius 3 is 2.06 bits per heavy atom. The Morgan fingerprint density at radius 2 is 1.62 bits per heavy atom. The molecule has 32 heavy (non-hydrogen) atoms. The normalized spacial score (nSPS) is 21.2. The predicted octanol–water partition coefficient (Wildman–Crippen LogP) is 3.96. The molecule has 2 aromatic carbocycles. The molecule has 0 radical (unpaired) electrons. The van der Waals surface area contributed by atoms with E-state index in [4.69, 9.17) is 13.9 Å². The average Bonchev–Trinajstić information content (AvgIpc) is 3.14. The number of hydrogen-bond donors (Lipinski definition) is 0. The fraction of sp³-hybridized carbons (Fsp3) is 0.458. The smallest absolute Gasteiger partial charge is 0.336 e. The molecule has 0 N–H and O–H groups in total. The molecular weight excluding hydrogens is 422 g/mol. The quantitative estimate of drug-likeness (QED) is 0.208. The number of carbonyl (C=O) groups excluding carboxylic acids is 1. The molecule has 1 fully saturated rings. The van der Waals surface area contributed by atoms with Gasteiger partial charge in [0.2, 0.25) is 0 Å². The number of hydrogen-bond acceptors (Lipinski definition) is 5. The summed E-state index contributed by atoms with van der Waals surface area (Å²) in [6, 6.07) is 19.5. The summed E-state index contributed by atoms with van der Waals surface area (Å²) in [4.78, 5) is 15.6. The first kappa shape index (κ1) is 24.0. The molecule has 8 heteroatoms. The third kappa shape index (κ3) is 4.73. The zero-order valence-electron chi connectivity index (χ0n) is 19.3. The highest BCUT2D eigenvalue weighted by molar-refractivity contribution is 6.99. The van der Waals surface area contributed by atoms with Gasteiger partial charge in [0.15, 0.2) is 6.10 Å². The van der Waals surface area contributed by atoms with Gasteiger partial charge in [0.05, 0.1) is 18.8 Å². The fourth-order valence-corrected chi connectivity index (χ4v) is 8.99. The molecule has 1 aliphatic rings. The number of ether oxygens (including phenoxy) is 2. The fourth-order valence-electron chi connectivity index (χ4n) is 4.31. The van der Waals surface area contributed by atoms with E-state index in [0.29, 0.717) is 0 Å². The monoisotopic (exact) mass is 453 g/mol. The third-order valence-electron chi connectivity index (χ3n) is 5.65. The zero-order chi connectivity index (χ0) is 23.4. The maximum absolute atomic E-state index is 12.6. The first-order valence-electron chi connectivity index (χ1n) is 10.9. The molecule has 0 aromatic heterocycles. The molecule has 1 saturated heterocycles. The molecule has 0 amide bonds. The first-order chi connectivity index (χ1) is 15.2. The van der Waals surface area contributed by atoms with Crippen LogP contribution in [0.25, 0.3) is 10.4 Å². The maximum atomic E-state index is 12.6. The number of carbonyl (C=O) groups is 1. The third-order valence-corrected chi connectivity index (χ3v) is 10.7. The van der Waals surface area contributed by atoms with Crippen LogP contribution in [0.3, 0.4) is 0 Å². The molecule has 1 aliphatic heterocycles. The van der Waals surface area contributed by atoms with Crippen LogP contribution in [0.1, 0.15) is 34.6 Å². The van der Waals surface area contributed by atoms with Crippen molar-refractivity contribution in [1.82, 2.24) is 0 Å². The van der Waals surface area contributed by atoms with Crippen LogP contribution in [0.4, 0.5) is 0 Å². The Balaban J connectivity index is 2.09. The van der Waals surface area contributed by atoms with Crippen molar-refractivity contribution in [2.75, 3.05) is 6.61 Å². The van der Waals surface area contributed by atoms with Crippen molar-refractivity contribution in [2.24, 2.45) is 5.11 Å². The first-order valence-corrected chi connectivity index (χ1v) is 12.8. The van der Waals surface area contributed by atoms with E-state index >= 15 is 0 Å². The molecule has 0 aliphatic carbocycles. The van der Waals surface area contributed by atoms with E-state index in [2.05, 4.69) is 55.1 Å².